The topological polar surface area (TPSA) is 47.3 Å². The van der Waals surface area contributed by atoms with Gasteiger partial charge in [0.15, 0.2) is 0 Å². The zero-order chi connectivity index (χ0) is 11.3. The molecule has 0 saturated heterocycles. The third-order valence-corrected chi connectivity index (χ3v) is 3.37. The lowest BCUT2D eigenvalue weighted by Gasteiger charge is -2.37. The number of aliphatic hydroxyl groups is 1. The van der Waals surface area contributed by atoms with Crippen molar-refractivity contribution in [1.82, 2.24) is 4.90 Å². The Hall–Kier alpha value is -0.590. The van der Waals surface area contributed by atoms with E-state index in [1.165, 1.54) is 0 Å². The summed E-state index contributed by atoms with van der Waals surface area (Å²) in [4.78, 5) is 2.07. The van der Waals surface area contributed by atoms with Crippen LogP contribution in [0.5, 0.6) is 0 Å². The number of rotatable bonds is 4. The van der Waals surface area contributed by atoms with E-state index in [0.717, 1.165) is 38.1 Å². The van der Waals surface area contributed by atoms with E-state index < -0.39 is 5.60 Å². The standard InChI is InChI=1S/C12H22N2O/c1-11-4-6-12(15,7-5-11)10-14(2)9-3-8-13/h11,15H,3-7,9-10H2,1-2H3. The lowest BCUT2D eigenvalue weighted by Crippen LogP contribution is -2.44. The molecule has 0 aromatic carbocycles. The molecule has 0 aliphatic heterocycles. The molecule has 0 unspecified atom stereocenters. The van der Waals surface area contributed by atoms with Crippen LogP contribution in [0.15, 0.2) is 0 Å². The Morgan fingerprint density at radius 1 is 1.47 bits per heavy atom. The van der Waals surface area contributed by atoms with Gasteiger partial charge in [0, 0.05) is 19.5 Å². The highest BCUT2D eigenvalue weighted by Gasteiger charge is 2.32. The fraction of sp³-hybridized carbons (Fsp3) is 0.917. The molecule has 0 spiro atoms. The van der Waals surface area contributed by atoms with Crippen LogP contribution in [0.3, 0.4) is 0 Å². The summed E-state index contributed by atoms with van der Waals surface area (Å²) in [5, 5.41) is 18.8. The molecule has 1 fully saturated rings. The lowest BCUT2D eigenvalue weighted by molar-refractivity contribution is -0.0297. The Kier molecular flexibility index (Phi) is 4.56. The molecule has 0 bridgehead atoms. The molecule has 1 aliphatic carbocycles. The number of hydrogen-bond acceptors (Lipinski definition) is 3. The van der Waals surface area contributed by atoms with E-state index >= 15 is 0 Å². The van der Waals surface area contributed by atoms with Crippen molar-refractivity contribution in [3.05, 3.63) is 0 Å². The van der Waals surface area contributed by atoms with Gasteiger partial charge in [0.2, 0.25) is 0 Å². The van der Waals surface area contributed by atoms with Gasteiger partial charge in [0.05, 0.1) is 11.7 Å². The van der Waals surface area contributed by atoms with Crippen molar-refractivity contribution < 1.29 is 5.11 Å². The van der Waals surface area contributed by atoms with Gasteiger partial charge in [0.1, 0.15) is 0 Å². The molecule has 1 N–H and O–H groups in total. The minimum atomic E-state index is -0.503. The second-order valence-electron chi connectivity index (χ2n) is 5.05. The molecule has 0 aromatic rings. The van der Waals surface area contributed by atoms with Crippen LogP contribution in [0.2, 0.25) is 0 Å². The molecule has 86 valence electrons. The maximum Gasteiger partial charge on any atom is 0.0774 e. The molecule has 15 heavy (non-hydrogen) atoms. The maximum absolute atomic E-state index is 10.3. The minimum absolute atomic E-state index is 0.503. The van der Waals surface area contributed by atoms with Crippen molar-refractivity contribution in [3.8, 4) is 6.07 Å². The third kappa shape index (κ3) is 4.19. The van der Waals surface area contributed by atoms with E-state index in [1.54, 1.807) is 0 Å². The molecule has 1 rings (SSSR count). The van der Waals surface area contributed by atoms with Crippen molar-refractivity contribution in [1.29, 1.82) is 5.26 Å². The molecular formula is C12H22N2O. The Labute approximate surface area is 92.7 Å². The second-order valence-corrected chi connectivity index (χ2v) is 5.05. The van der Waals surface area contributed by atoms with Gasteiger partial charge >= 0.3 is 0 Å². The van der Waals surface area contributed by atoms with Gasteiger partial charge in [-0.15, -0.1) is 0 Å². The molecule has 0 amide bonds. The van der Waals surface area contributed by atoms with Gasteiger partial charge in [0.25, 0.3) is 0 Å². The van der Waals surface area contributed by atoms with E-state index in [9.17, 15) is 5.11 Å². The predicted octanol–water partition coefficient (Wildman–Crippen LogP) is 1.77. The highest BCUT2D eigenvalue weighted by molar-refractivity contribution is 4.87. The number of nitrogens with zero attached hydrogens (tertiary/aromatic N) is 2. The molecule has 1 saturated carbocycles. The number of nitriles is 1. The lowest BCUT2D eigenvalue weighted by atomic mass is 9.79. The predicted molar refractivity (Wildman–Crippen MR) is 60.3 cm³/mol. The van der Waals surface area contributed by atoms with Crippen molar-refractivity contribution in [2.45, 2.75) is 44.6 Å². The van der Waals surface area contributed by atoms with Crippen molar-refractivity contribution >= 4 is 0 Å². The Balaban J connectivity index is 2.33. The summed E-state index contributed by atoms with van der Waals surface area (Å²) >= 11 is 0. The fourth-order valence-corrected chi connectivity index (χ4v) is 2.28. The molecule has 1 aliphatic rings. The second kappa shape index (κ2) is 5.48. The molecule has 0 aromatic heterocycles. The smallest absolute Gasteiger partial charge is 0.0774 e. The summed E-state index contributed by atoms with van der Waals surface area (Å²) in [5.74, 6) is 0.759. The van der Waals surface area contributed by atoms with Gasteiger partial charge in [-0.25, -0.2) is 0 Å². The highest BCUT2D eigenvalue weighted by Crippen LogP contribution is 2.32. The van der Waals surface area contributed by atoms with Crippen LogP contribution in [0.1, 0.15) is 39.0 Å². The van der Waals surface area contributed by atoms with Crippen molar-refractivity contribution in [3.63, 3.8) is 0 Å². The first-order valence-electron chi connectivity index (χ1n) is 5.83. The SMILES string of the molecule is CC1CCC(O)(CN(C)CCC#N)CC1. The Bertz CT molecular complexity index is 226. The van der Waals surface area contributed by atoms with E-state index in [2.05, 4.69) is 17.9 Å². The largest absolute Gasteiger partial charge is 0.389 e. The zero-order valence-corrected chi connectivity index (χ0v) is 9.87. The average molecular weight is 210 g/mol. The van der Waals surface area contributed by atoms with Crippen LogP contribution in [-0.2, 0) is 0 Å². The quantitative estimate of drug-likeness (QED) is 0.769. The van der Waals surface area contributed by atoms with Crippen LogP contribution in [0, 0.1) is 17.2 Å². The van der Waals surface area contributed by atoms with Gasteiger partial charge in [-0.2, -0.15) is 5.26 Å². The first kappa shape index (κ1) is 12.5. The van der Waals surface area contributed by atoms with Crippen LogP contribution in [0.4, 0.5) is 0 Å². The first-order valence-corrected chi connectivity index (χ1v) is 5.83. The highest BCUT2D eigenvalue weighted by atomic mass is 16.3. The fourth-order valence-electron chi connectivity index (χ4n) is 2.28. The van der Waals surface area contributed by atoms with Crippen LogP contribution in [-0.4, -0.2) is 35.7 Å². The van der Waals surface area contributed by atoms with Gasteiger partial charge < -0.3 is 10.0 Å². The summed E-state index contributed by atoms with van der Waals surface area (Å²) in [5.41, 5.74) is -0.503. The van der Waals surface area contributed by atoms with E-state index in [-0.39, 0.29) is 0 Å². The third-order valence-electron chi connectivity index (χ3n) is 3.37. The summed E-state index contributed by atoms with van der Waals surface area (Å²) in [7, 11) is 1.98. The van der Waals surface area contributed by atoms with Crippen molar-refractivity contribution in [2.75, 3.05) is 20.1 Å². The molecule has 0 heterocycles. The molecule has 0 radical (unpaired) electrons. The van der Waals surface area contributed by atoms with Gasteiger partial charge in [-0.05, 0) is 38.6 Å². The summed E-state index contributed by atoms with van der Waals surface area (Å²) in [6.07, 6.45) is 4.62. The average Bonchev–Trinajstić information content (AvgIpc) is 2.20. The Morgan fingerprint density at radius 2 is 2.07 bits per heavy atom. The van der Waals surface area contributed by atoms with Crippen LogP contribution in [0.25, 0.3) is 0 Å². The minimum Gasteiger partial charge on any atom is -0.389 e. The summed E-state index contributed by atoms with van der Waals surface area (Å²) in [6.45, 7) is 3.72. The monoisotopic (exact) mass is 210 g/mol. The van der Waals surface area contributed by atoms with Crippen LogP contribution >= 0.6 is 0 Å². The number of hydrogen-bond donors (Lipinski definition) is 1. The first-order chi connectivity index (χ1) is 7.06. The van der Waals surface area contributed by atoms with Gasteiger partial charge in [-0.1, -0.05) is 6.92 Å². The normalized spacial score (nSPS) is 31.5. The zero-order valence-electron chi connectivity index (χ0n) is 9.87. The Morgan fingerprint density at radius 3 is 2.60 bits per heavy atom. The van der Waals surface area contributed by atoms with Gasteiger partial charge in [-0.3, -0.25) is 0 Å². The van der Waals surface area contributed by atoms with Crippen molar-refractivity contribution in [2.24, 2.45) is 5.92 Å². The summed E-state index contributed by atoms with van der Waals surface area (Å²) < 4.78 is 0. The van der Waals surface area contributed by atoms with E-state index in [1.807, 2.05) is 7.05 Å². The van der Waals surface area contributed by atoms with Crippen LogP contribution < -0.4 is 0 Å². The molecule has 0 atom stereocenters. The summed E-state index contributed by atoms with van der Waals surface area (Å²) in [6, 6.07) is 2.13. The van der Waals surface area contributed by atoms with E-state index in [4.69, 9.17) is 5.26 Å². The molecule has 3 heteroatoms. The molecule has 3 nitrogen and oxygen atoms in total. The number of likely N-dealkylation sites (N-methyl/N-ethyl adjacent to an activating group) is 1. The maximum atomic E-state index is 10.3. The van der Waals surface area contributed by atoms with E-state index in [0.29, 0.717) is 13.0 Å². The molecular weight excluding hydrogens is 188 g/mol.